The van der Waals surface area contributed by atoms with Crippen LogP contribution in [0.4, 0.5) is 0 Å². The van der Waals surface area contributed by atoms with Gasteiger partial charge in [-0.2, -0.15) is 0 Å². The summed E-state index contributed by atoms with van der Waals surface area (Å²) in [5, 5.41) is 11.5. The van der Waals surface area contributed by atoms with Crippen molar-refractivity contribution in [3.05, 3.63) is 46.0 Å². The van der Waals surface area contributed by atoms with Crippen LogP contribution < -0.4 is 5.32 Å². The maximum Gasteiger partial charge on any atom is 0.326 e. The maximum atomic E-state index is 12.0. The van der Waals surface area contributed by atoms with Gasteiger partial charge in [0, 0.05) is 12.0 Å². The Hall–Kier alpha value is -1.62. The zero-order valence-corrected chi connectivity index (χ0v) is 12.5. The van der Waals surface area contributed by atoms with Gasteiger partial charge < -0.3 is 10.4 Å². The molecule has 4 nitrogen and oxygen atoms in total. The number of amides is 1. The van der Waals surface area contributed by atoms with E-state index < -0.39 is 17.9 Å². The van der Waals surface area contributed by atoms with Crippen LogP contribution in [0, 0.1) is 13.8 Å². The van der Waals surface area contributed by atoms with Gasteiger partial charge >= 0.3 is 5.97 Å². The molecule has 1 aromatic rings. The summed E-state index contributed by atoms with van der Waals surface area (Å²) in [6.45, 7) is 7.36. The maximum absolute atomic E-state index is 12.0. The average Bonchev–Trinajstić information content (AvgIpc) is 2.25. The standard InChI is InChI=1S/C14H16BrNO3/c1-8-4-9(2)6-11(5-8)13(17)16-12(14(18)19)7-10(3)15/h4-6,12H,3,7H2,1-2H3,(H,16,17)(H,18,19)/t12-/m1/s1. The topological polar surface area (TPSA) is 66.4 Å². The van der Waals surface area contributed by atoms with Crippen LogP contribution in [0.3, 0.4) is 0 Å². The summed E-state index contributed by atoms with van der Waals surface area (Å²) in [5.74, 6) is -1.48. The zero-order valence-electron chi connectivity index (χ0n) is 10.9. The van der Waals surface area contributed by atoms with Crippen LogP contribution in [-0.4, -0.2) is 23.0 Å². The molecule has 0 fully saturated rings. The lowest BCUT2D eigenvalue weighted by Gasteiger charge is -2.14. The van der Waals surface area contributed by atoms with Gasteiger partial charge in [-0.25, -0.2) is 4.79 Å². The highest BCUT2D eigenvalue weighted by atomic mass is 79.9. The van der Waals surface area contributed by atoms with E-state index in [0.29, 0.717) is 10.0 Å². The Labute approximate surface area is 120 Å². The van der Waals surface area contributed by atoms with Crippen LogP contribution in [0.2, 0.25) is 0 Å². The summed E-state index contributed by atoms with van der Waals surface area (Å²) in [4.78, 5) is 23.1. The van der Waals surface area contributed by atoms with E-state index in [9.17, 15) is 9.59 Å². The average molecular weight is 326 g/mol. The monoisotopic (exact) mass is 325 g/mol. The lowest BCUT2D eigenvalue weighted by molar-refractivity contribution is -0.139. The Balaban J connectivity index is 2.87. The Morgan fingerprint density at radius 3 is 2.26 bits per heavy atom. The summed E-state index contributed by atoms with van der Waals surface area (Å²) < 4.78 is 0.528. The number of aryl methyl sites for hydroxylation is 2. The van der Waals surface area contributed by atoms with Gasteiger partial charge in [-0.3, -0.25) is 4.79 Å². The number of halogens is 1. The molecule has 0 unspecified atom stereocenters. The first-order chi connectivity index (χ1) is 8.79. The van der Waals surface area contributed by atoms with E-state index in [0.717, 1.165) is 11.1 Å². The number of carboxylic acid groups (broad SMARTS) is 1. The molecule has 1 atom stereocenters. The second-order valence-electron chi connectivity index (χ2n) is 4.46. The van der Waals surface area contributed by atoms with E-state index in [1.807, 2.05) is 19.9 Å². The molecule has 1 amide bonds. The second kappa shape index (κ2) is 6.52. The number of rotatable bonds is 5. The number of carbonyl (C=O) groups excluding carboxylic acids is 1. The van der Waals surface area contributed by atoms with Crippen LogP contribution in [-0.2, 0) is 4.79 Å². The number of benzene rings is 1. The van der Waals surface area contributed by atoms with Crippen LogP contribution in [0.5, 0.6) is 0 Å². The Bertz CT molecular complexity index is 505. The number of carbonyl (C=O) groups is 2. The molecule has 5 heteroatoms. The fraction of sp³-hybridized carbons (Fsp3) is 0.286. The third kappa shape index (κ3) is 4.87. The lowest BCUT2D eigenvalue weighted by atomic mass is 10.1. The molecule has 0 heterocycles. The molecular formula is C14H16BrNO3. The van der Waals surface area contributed by atoms with Gasteiger partial charge in [-0.15, -0.1) is 0 Å². The van der Waals surface area contributed by atoms with E-state index in [2.05, 4.69) is 27.8 Å². The molecule has 0 aliphatic heterocycles. The van der Waals surface area contributed by atoms with Crippen molar-refractivity contribution in [2.24, 2.45) is 0 Å². The highest BCUT2D eigenvalue weighted by Crippen LogP contribution is 2.12. The Morgan fingerprint density at radius 1 is 1.32 bits per heavy atom. The molecular weight excluding hydrogens is 310 g/mol. The van der Waals surface area contributed by atoms with Gasteiger partial charge in [0.1, 0.15) is 6.04 Å². The third-order valence-corrected chi connectivity index (χ3v) is 2.84. The van der Waals surface area contributed by atoms with Crippen LogP contribution in [0.15, 0.2) is 29.3 Å². The first-order valence-corrected chi connectivity index (χ1v) is 6.54. The van der Waals surface area contributed by atoms with E-state index in [1.165, 1.54) is 0 Å². The molecule has 0 radical (unpaired) electrons. The van der Waals surface area contributed by atoms with Gasteiger partial charge in [0.2, 0.25) is 0 Å². The highest BCUT2D eigenvalue weighted by Gasteiger charge is 2.21. The van der Waals surface area contributed by atoms with Gasteiger partial charge in [0.05, 0.1) is 0 Å². The van der Waals surface area contributed by atoms with Crippen molar-refractivity contribution >= 4 is 27.8 Å². The van der Waals surface area contributed by atoms with E-state index in [4.69, 9.17) is 5.11 Å². The first kappa shape index (κ1) is 15.4. The number of hydrogen-bond donors (Lipinski definition) is 2. The summed E-state index contributed by atoms with van der Waals surface area (Å²) in [6.07, 6.45) is 0.145. The van der Waals surface area contributed by atoms with E-state index >= 15 is 0 Å². The van der Waals surface area contributed by atoms with Crippen molar-refractivity contribution in [3.63, 3.8) is 0 Å². The molecule has 0 aliphatic rings. The van der Waals surface area contributed by atoms with Crippen molar-refractivity contribution < 1.29 is 14.7 Å². The van der Waals surface area contributed by atoms with Gasteiger partial charge in [-0.05, 0) is 30.5 Å². The van der Waals surface area contributed by atoms with Crippen molar-refractivity contribution in [2.45, 2.75) is 26.3 Å². The van der Waals surface area contributed by atoms with Gasteiger partial charge in [0.25, 0.3) is 5.91 Å². The number of nitrogens with one attached hydrogen (secondary N) is 1. The number of aliphatic carboxylic acids is 1. The predicted octanol–water partition coefficient (Wildman–Crippen LogP) is 2.79. The molecule has 2 N–H and O–H groups in total. The van der Waals surface area contributed by atoms with Crippen molar-refractivity contribution in [3.8, 4) is 0 Å². The van der Waals surface area contributed by atoms with Crippen LogP contribution in [0.25, 0.3) is 0 Å². The second-order valence-corrected chi connectivity index (χ2v) is 5.58. The van der Waals surface area contributed by atoms with E-state index in [-0.39, 0.29) is 6.42 Å². The van der Waals surface area contributed by atoms with Crippen molar-refractivity contribution in [1.82, 2.24) is 5.32 Å². The molecule has 0 saturated heterocycles. The Kier molecular flexibility index (Phi) is 5.30. The molecule has 19 heavy (non-hydrogen) atoms. The van der Waals surface area contributed by atoms with Crippen molar-refractivity contribution in [1.29, 1.82) is 0 Å². The summed E-state index contributed by atoms with van der Waals surface area (Å²) in [6, 6.07) is 4.42. The number of carboxylic acids is 1. The number of hydrogen-bond acceptors (Lipinski definition) is 2. The summed E-state index contributed by atoms with van der Waals surface area (Å²) in [7, 11) is 0. The minimum absolute atomic E-state index is 0.145. The fourth-order valence-corrected chi connectivity index (χ4v) is 2.09. The van der Waals surface area contributed by atoms with Crippen molar-refractivity contribution in [2.75, 3.05) is 0 Å². The zero-order chi connectivity index (χ0) is 14.6. The molecule has 0 saturated carbocycles. The predicted molar refractivity (Wildman–Crippen MR) is 77.5 cm³/mol. The van der Waals surface area contributed by atoms with Gasteiger partial charge in [0.15, 0.2) is 0 Å². The molecule has 0 bridgehead atoms. The lowest BCUT2D eigenvalue weighted by Crippen LogP contribution is -2.40. The molecule has 1 aromatic carbocycles. The minimum atomic E-state index is -1.08. The molecule has 0 spiro atoms. The SMILES string of the molecule is C=C(Br)C[C@@H](NC(=O)c1cc(C)cc(C)c1)C(=O)O. The quantitative estimate of drug-likeness (QED) is 0.874. The molecule has 0 aliphatic carbocycles. The third-order valence-electron chi connectivity index (χ3n) is 2.51. The first-order valence-electron chi connectivity index (χ1n) is 5.75. The fourth-order valence-electron chi connectivity index (χ4n) is 1.77. The molecule has 1 rings (SSSR count). The smallest absolute Gasteiger partial charge is 0.326 e. The summed E-state index contributed by atoms with van der Waals surface area (Å²) in [5.41, 5.74) is 2.38. The molecule has 102 valence electrons. The van der Waals surface area contributed by atoms with Crippen LogP contribution in [0.1, 0.15) is 27.9 Å². The van der Waals surface area contributed by atoms with Gasteiger partial charge in [-0.1, -0.05) is 39.7 Å². The highest BCUT2D eigenvalue weighted by molar-refractivity contribution is 9.11. The largest absolute Gasteiger partial charge is 0.480 e. The summed E-state index contributed by atoms with van der Waals surface area (Å²) >= 11 is 3.10. The Morgan fingerprint density at radius 2 is 1.84 bits per heavy atom. The normalized spacial score (nSPS) is 11.7. The van der Waals surface area contributed by atoms with Crippen LogP contribution >= 0.6 is 15.9 Å². The van der Waals surface area contributed by atoms with E-state index in [1.54, 1.807) is 12.1 Å². The molecule has 0 aromatic heterocycles. The minimum Gasteiger partial charge on any atom is -0.480 e.